The summed E-state index contributed by atoms with van der Waals surface area (Å²) in [5.74, 6) is -0.929. The fourth-order valence-electron chi connectivity index (χ4n) is 0.917. The van der Waals surface area contributed by atoms with Gasteiger partial charge in [-0.25, -0.2) is 5.06 Å². The van der Waals surface area contributed by atoms with Crippen molar-refractivity contribution in [3.05, 3.63) is 0 Å². The van der Waals surface area contributed by atoms with E-state index in [9.17, 15) is 4.79 Å². The summed E-state index contributed by atoms with van der Waals surface area (Å²) in [5.41, 5.74) is 5.28. The lowest BCUT2D eigenvalue weighted by molar-refractivity contribution is -0.138. The molecular formula is C8H17N3O3. The first-order valence-electron chi connectivity index (χ1n) is 4.45. The predicted octanol–water partition coefficient (Wildman–Crippen LogP) is 0.257. The van der Waals surface area contributed by atoms with Crippen LogP contribution in [0.3, 0.4) is 0 Å². The van der Waals surface area contributed by atoms with Gasteiger partial charge in [-0.15, -0.1) is 0 Å². The van der Waals surface area contributed by atoms with E-state index in [1.807, 2.05) is 0 Å². The normalized spacial score (nSPS) is 12.2. The number of rotatable bonds is 6. The summed E-state index contributed by atoms with van der Waals surface area (Å²) < 4.78 is 0. The molecule has 0 rings (SSSR count). The quantitative estimate of drug-likeness (QED) is 0.214. The van der Waals surface area contributed by atoms with Crippen molar-refractivity contribution < 1.29 is 15.1 Å². The van der Waals surface area contributed by atoms with Crippen LogP contribution in [-0.2, 0) is 4.79 Å². The minimum atomic E-state index is -1.01. The molecule has 1 atom stereocenters. The van der Waals surface area contributed by atoms with Crippen LogP contribution in [0.2, 0.25) is 0 Å². The third kappa shape index (κ3) is 5.50. The van der Waals surface area contributed by atoms with Gasteiger partial charge in [0.05, 0.1) is 0 Å². The van der Waals surface area contributed by atoms with Crippen molar-refractivity contribution in [3.8, 4) is 0 Å². The van der Waals surface area contributed by atoms with Crippen molar-refractivity contribution >= 4 is 11.8 Å². The van der Waals surface area contributed by atoms with Gasteiger partial charge < -0.3 is 10.8 Å². The van der Waals surface area contributed by atoms with Gasteiger partial charge in [0.25, 0.3) is 0 Å². The first kappa shape index (κ1) is 12.9. The summed E-state index contributed by atoms with van der Waals surface area (Å²) in [6.07, 6.45) is 1.63. The molecule has 0 aliphatic heterocycles. The van der Waals surface area contributed by atoms with E-state index in [0.29, 0.717) is 25.8 Å². The number of amidine groups is 1. The average molecular weight is 203 g/mol. The fourth-order valence-corrected chi connectivity index (χ4v) is 0.917. The zero-order chi connectivity index (χ0) is 11.1. The van der Waals surface area contributed by atoms with Crippen LogP contribution in [0.4, 0.5) is 0 Å². The molecule has 82 valence electrons. The number of hydroxylamine groups is 2. The Morgan fingerprint density at radius 2 is 2.14 bits per heavy atom. The second kappa shape index (κ2) is 6.33. The summed E-state index contributed by atoms with van der Waals surface area (Å²) in [7, 11) is 0. The average Bonchev–Trinajstić information content (AvgIpc) is 2.11. The maximum Gasteiger partial charge on any atom is 0.320 e. The molecule has 0 aliphatic rings. The number of carboxylic acids is 1. The lowest BCUT2D eigenvalue weighted by Crippen LogP contribution is -2.30. The topological polar surface area (TPSA) is 111 Å². The second-order valence-corrected chi connectivity index (χ2v) is 3.15. The Morgan fingerprint density at radius 1 is 1.57 bits per heavy atom. The van der Waals surface area contributed by atoms with Gasteiger partial charge in [0.1, 0.15) is 11.9 Å². The highest BCUT2D eigenvalue weighted by Gasteiger charge is 2.10. The zero-order valence-corrected chi connectivity index (χ0v) is 8.23. The number of aliphatic carboxylic acids is 1. The SMILES string of the molecule is CC(=N)N(O)CCCC[C@H](N)C(=O)O. The van der Waals surface area contributed by atoms with Crippen molar-refractivity contribution in [2.24, 2.45) is 5.73 Å². The van der Waals surface area contributed by atoms with Crippen LogP contribution >= 0.6 is 0 Å². The largest absolute Gasteiger partial charge is 0.480 e. The summed E-state index contributed by atoms with van der Waals surface area (Å²) in [6.45, 7) is 1.81. The molecule has 0 aromatic carbocycles. The van der Waals surface area contributed by atoms with Crippen molar-refractivity contribution in [2.45, 2.75) is 32.2 Å². The van der Waals surface area contributed by atoms with E-state index in [1.165, 1.54) is 6.92 Å². The van der Waals surface area contributed by atoms with Gasteiger partial charge in [-0.2, -0.15) is 0 Å². The standard InChI is InChI=1S/C8H17N3O3/c1-6(9)11(14)5-3-2-4-7(10)8(12)13/h7,9,14H,2-5,10H2,1H3,(H,12,13)/t7-/m0/s1. The van der Waals surface area contributed by atoms with Crippen LogP contribution in [0.25, 0.3) is 0 Å². The molecule has 0 fully saturated rings. The number of nitrogens with two attached hydrogens (primary N) is 1. The number of unbranched alkanes of at least 4 members (excludes halogenated alkanes) is 1. The Hall–Kier alpha value is -1.14. The molecule has 0 aliphatic carbocycles. The second-order valence-electron chi connectivity index (χ2n) is 3.15. The first-order valence-corrected chi connectivity index (χ1v) is 4.45. The van der Waals surface area contributed by atoms with Gasteiger partial charge in [0.2, 0.25) is 0 Å². The third-order valence-electron chi connectivity index (χ3n) is 1.84. The van der Waals surface area contributed by atoms with Crippen LogP contribution in [-0.4, -0.2) is 39.8 Å². The minimum Gasteiger partial charge on any atom is -0.480 e. The number of hydrogen-bond acceptors (Lipinski definition) is 4. The Morgan fingerprint density at radius 3 is 2.57 bits per heavy atom. The monoisotopic (exact) mass is 203 g/mol. The van der Waals surface area contributed by atoms with E-state index in [0.717, 1.165) is 5.06 Å². The van der Waals surface area contributed by atoms with Crippen molar-refractivity contribution in [1.82, 2.24) is 5.06 Å². The molecule has 0 heterocycles. The van der Waals surface area contributed by atoms with Crippen molar-refractivity contribution in [2.75, 3.05) is 6.54 Å². The smallest absolute Gasteiger partial charge is 0.320 e. The molecule has 6 heteroatoms. The van der Waals surface area contributed by atoms with Gasteiger partial charge in [-0.3, -0.25) is 15.4 Å². The Balaban J connectivity index is 3.47. The van der Waals surface area contributed by atoms with Crippen LogP contribution in [0.15, 0.2) is 0 Å². The highest BCUT2D eigenvalue weighted by atomic mass is 16.5. The van der Waals surface area contributed by atoms with Crippen LogP contribution in [0.1, 0.15) is 26.2 Å². The molecule has 6 nitrogen and oxygen atoms in total. The highest BCUT2D eigenvalue weighted by molar-refractivity contribution is 5.74. The predicted molar refractivity (Wildman–Crippen MR) is 51.4 cm³/mol. The van der Waals surface area contributed by atoms with E-state index in [4.69, 9.17) is 21.5 Å². The number of nitrogens with one attached hydrogen (secondary N) is 1. The van der Waals surface area contributed by atoms with E-state index < -0.39 is 12.0 Å². The highest BCUT2D eigenvalue weighted by Crippen LogP contribution is 2.00. The first-order chi connectivity index (χ1) is 6.45. The van der Waals surface area contributed by atoms with Gasteiger partial charge in [-0.1, -0.05) is 0 Å². The Kier molecular flexibility index (Phi) is 5.82. The van der Waals surface area contributed by atoms with Crippen LogP contribution in [0.5, 0.6) is 0 Å². The van der Waals surface area contributed by atoms with Crippen LogP contribution in [0, 0.1) is 5.41 Å². The van der Waals surface area contributed by atoms with Gasteiger partial charge in [0, 0.05) is 6.54 Å². The van der Waals surface area contributed by atoms with E-state index in [1.54, 1.807) is 0 Å². The summed E-state index contributed by atoms with van der Waals surface area (Å²) in [6, 6.07) is -0.830. The molecule has 5 N–H and O–H groups in total. The summed E-state index contributed by atoms with van der Waals surface area (Å²) >= 11 is 0. The van der Waals surface area contributed by atoms with Crippen molar-refractivity contribution in [1.29, 1.82) is 5.41 Å². The van der Waals surface area contributed by atoms with Crippen LogP contribution < -0.4 is 5.73 Å². The minimum absolute atomic E-state index is 0.0764. The summed E-state index contributed by atoms with van der Waals surface area (Å²) in [5, 5.41) is 25.4. The molecular weight excluding hydrogens is 186 g/mol. The maximum absolute atomic E-state index is 10.3. The zero-order valence-electron chi connectivity index (χ0n) is 8.23. The molecule has 0 radical (unpaired) electrons. The van der Waals surface area contributed by atoms with Gasteiger partial charge in [-0.05, 0) is 26.2 Å². The molecule has 0 saturated carbocycles. The molecule has 0 amide bonds. The fraction of sp³-hybridized carbons (Fsp3) is 0.750. The molecule has 0 bridgehead atoms. The molecule has 0 saturated heterocycles. The maximum atomic E-state index is 10.3. The molecule has 0 aromatic rings. The number of nitrogens with zero attached hydrogens (tertiary/aromatic N) is 1. The number of carbonyl (C=O) groups is 1. The van der Waals surface area contributed by atoms with E-state index in [-0.39, 0.29) is 5.84 Å². The lowest BCUT2D eigenvalue weighted by atomic mass is 10.1. The number of carboxylic acid groups (broad SMARTS) is 1. The summed E-state index contributed by atoms with van der Waals surface area (Å²) in [4.78, 5) is 10.3. The molecule has 0 spiro atoms. The molecule has 0 aromatic heterocycles. The van der Waals surface area contributed by atoms with Gasteiger partial charge >= 0.3 is 5.97 Å². The third-order valence-corrected chi connectivity index (χ3v) is 1.84. The Bertz CT molecular complexity index is 186. The molecule has 14 heavy (non-hydrogen) atoms. The Labute approximate surface area is 82.8 Å². The number of hydrogen-bond donors (Lipinski definition) is 4. The van der Waals surface area contributed by atoms with E-state index >= 15 is 0 Å². The van der Waals surface area contributed by atoms with E-state index in [2.05, 4.69) is 0 Å². The lowest BCUT2D eigenvalue weighted by Gasteiger charge is -2.14. The van der Waals surface area contributed by atoms with Gasteiger partial charge in [0.15, 0.2) is 0 Å². The van der Waals surface area contributed by atoms with Crippen molar-refractivity contribution in [3.63, 3.8) is 0 Å². The molecule has 0 unspecified atom stereocenters.